The van der Waals surface area contributed by atoms with Crippen LogP contribution in [0.1, 0.15) is 36.2 Å². The van der Waals surface area contributed by atoms with Gasteiger partial charge in [-0.25, -0.2) is 4.79 Å². The first-order chi connectivity index (χ1) is 9.00. The maximum absolute atomic E-state index is 11.8. The first kappa shape index (κ1) is 15.5. The Morgan fingerprint density at radius 2 is 2.00 bits per heavy atom. The number of nitrogen functional groups attached to an aromatic ring is 1. The van der Waals surface area contributed by atoms with Crippen molar-refractivity contribution in [2.24, 2.45) is 5.92 Å². The van der Waals surface area contributed by atoms with Gasteiger partial charge >= 0.3 is 5.97 Å². The predicted molar refractivity (Wildman–Crippen MR) is 76.1 cm³/mol. The molecule has 0 spiro atoms. The van der Waals surface area contributed by atoms with Gasteiger partial charge in [-0.2, -0.15) is 0 Å². The Labute approximate surface area is 114 Å². The van der Waals surface area contributed by atoms with Crippen molar-refractivity contribution in [3.05, 3.63) is 29.3 Å². The zero-order valence-corrected chi connectivity index (χ0v) is 11.9. The van der Waals surface area contributed by atoms with E-state index >= 15 is 0 Å². The van der Waals surface area contributed by atoms with Crippen LogP contribution in [0.2, 0.25) is 0 Å². The zero-order valence-electron chi connectivity index (χ0n) is 11.9. The molecule has 0 aromatic heterocycles. The number of carbonyl (C=O) groups is 1. The third-order valence-electron chi connectivity index (χ3n) is 2.73. The lowest BCUT2D eigenvalue weighted by molar-refractivity contribution is 0.0304. The average Bonchev–Trinajstić information content (AvgIpc) is 2.36. The lowest BCUT2D eigenvalue weighted by Gasteiger charge is -2.09. The van der Waals surface area contributed by atoms with Crippen molar-refractivity contribution in [1.29, 1.82) is 0 Å². The molecule has 2 N–H and O–H groups in total. The number of hydrogen-bond donors (Lipinski definition) is 1. The number of nitrogens with two attached hydrogens (primary N) is 1. The van der Waals surface area contributed by atoms with E-state index in [0.717, 1.165) is 12.0 Å². The first-order valence-electron chi connectivity index (χ1n) is 6.61. The molecule has 0 atom stereocenters. The number of esters is 1. The number of aryl methyl sites for hydroxylation is 1. The molecule has 1 rings (SSSR count). The summed E-state index contributed by atoms with van der Waals surface area (Å²) in [5.41, 5.74) is 7.58. The Hall–Kier alpha value is -1.55. The molecule has 0 saturated carbocycles. The van der Waals surface area contributed by atoms with Gasteiger partial charge in [-0.15, -0.1) is 0 Å². The molecule has 4 nitrogen and oxygen atoms in total. The minimum atomic E-state index is -0.395. The fourth-order valence-electron chi connectivity index (χ4n) is 1.54. The van der Waals surface area contributed by atoms with E-state index in [1.54, 1.807) is 12.1 Å². The van der Waals surface area contributed by atoms with Crippen LogP contribution in [-0.2, 0) is 9.47 Å². The molecule has 106 valence electrons. The Balaban J connectivity index is 2.29. The summed E-state index contributed by atoms with van der Waals surface area (Å²) in [5.74, 6) is 0.225. The highest BCUT2D eigenvalue weighted by molar-refractivity contribution is 5.95. The van der Waals surface area contributed by atoms with Gasteiger partial charge in [0.25, 0.3) is 0 Å². The molecule has 0 amide bonds. The molecule has 0 aliphatic rings. The van der Waals surface area contributed by atoms with Crippen molar-refractivity contribution in [2.45, 2.75) is 27.2 Å². The lowest BCUT2D eigenvalue weighted by Crippen LogP contribution is -2.13. The van der Waals surface area contributed by atoms with Gasteiger partial charge in [-0.05, 0) is 31.4 Å². The third-order valence-corrected chi connectivity index (χ3v) is 2.73. The number of anilines is 1. The van der Waals surface area contributed by atoms with Crippen LogP contribution >= 0.6 is 0 Å². The summed E-state index contributed by atoms with van der Waals surface area (Å²) in [7, 11) is 0. The van der Waals surface area contributed by atoms with Crippen LogP contribution in [0.4, 0.5) is 5.69 Å². The topological polar surface area (TPSA) is 61.6 Å². The van der Waals surface area contributed by atoms with E-state index in [-0.39, 0.29) is 6.61 Å². The third kappa shape index (κ3) is 5.75. The Morgan fingerprint density at radius 1 is 1.26 bits per heavy atom. The van der Waals surface area contributed by atoms with Gasteiger partial charge in [-0.3, -0.25) is 0 Å². The molecule has 0 fully saturated rings. The fraction of sp³-hybridized carbons (Fsp3) is 0.533. The van der Waals surface area contributed by atoms with Crippen molar-refractivity contribution in [1.82, 2.24) is 0 Å². The normalized spacial score (nSPS) is 10.7. The van der Waals surface area contributed by atoms with Gasteiger partial charge in [0, 0.05) is 12.3 Å². The number of carbonyl (C=O) groups excluding carboxylic acids is 1. The molecular weight excluding hydrogens is 242 g/mol. The summed E-state index contributed by atoms with van der Waals surface area (Å²) < 4.78 is 10.5. The summed E-state index contributed by atoms with van der Waals surface area (Å²) in [6, 6.07) is 5.31. The van der Waals surface area contributed by atoms with Crippen molar-refractivity contribution in [2.75, 3.05) is 25.6 Å². The van der Waals surface area contributed by atoms with E-state index in [9.17, 15) is 4.79 Å². The molecule has 4 heteroatoms. The SMILES string of the molecule is Cc1ccc(N)c(C(=O)OCCOCCC(C)C)c1. The predicted octanol–water partition coefficient (Wildman–Crippen LogP) is 2.80. The van der Waals surface area contributed by atoms with Crippen LogP contribution in [-0.4, -0.2) is 25.8 Å². The Morgan fingerprint density at radius 3 is 2.68 bits per heavy atom. The number of rotatable bonds is 7. The molecule has 1 aromatic rings. The average molecular weight is 265 g/mol. The van der Waals surface area contributed by atoms with E-state index < -0.39 is 5.97 Å². The van der Waals surface area contributed by atoms with Crippen LogP contribution in [0.3, 0.4) is 0 Å². The van der Waals surface area contributed by atoms with E-state index in [2.05, 4.69) is 13.8 Å². The van der Waals surface area contributed by atoms with Gasteiger partial charge in [0.1, 0.15) is 6.61 Å². The number of ether oxygens (including phenoxy) is 2. The molecule has 0 aliphatic heterocycles. The summed E-state index contributed by atoms with van der Waals surface area (Å²) in [4.78, 5) is 11.8. The quantitative estimate of drug-likeness (QED) is 0.468. The molecular formula is C15H23NO3. The highest BCUT2D eigenvalue weighted by Gasteiger charge is 2.11. The van der Waals surface area contributed by atoms with Crippen LogP contribution in [0.15, 0.2) is 18.2 Å². The zero-order chi connectivity index (χ0) is 14.3. The Kier molecular flexibility index (Phi) is 6.36. The second-order valence-electron chi connectivity index (χ2n) is 5.02. The van der Waals surface area contributed by atoms with Gasteiger partial charge in [0.2, 0.25) is 0 Å². The van der Waals surface area contributed by atoms with Crippen molar-refractivity contribution >= 4 is 11.7 Å². The monoisotopic (exact) mass is 265 g/mol. The van der Waals surface area contributed by atoms with Gasteiger partial charge in [0.05, 0.1) is 12.2 Å². The van der Waals surface area contributed by atoms with Crippen LogP contribution in [0, 0.1) is 12.8 Å². The van der Waals surface area contributed by atoms with Gasteiger partial charge in [0.15, 0.2) is 0 Å². The number of hydrogen-bond acceptors (Lipinski definition) is 4. The summed E-state index contributed by atoms with van der Waals surface area (Å²) in [6.07, 6.45) is 1.01. The maximum Gasteiger partial charge on any atom is 0.340 e. The second-order valence-corrected chi connectivity index (χ2v) is 5.02. The van der Waals surface area contributed by atoms with E-state index in [1.165, 1.54) is 0 Å². The van der Waals surface area contributed by atoms with Crippen molar-refractivity contribution in [3.63, 3.8) is 0 Å². The molecule has 0 heterocycles. The lowest BCUT2D eigenvalue weighted by atomic mass is 10.1. The molecule has 0 saturated heterocycles. The van der Waals surface area contributed by atoms with Gasteiger partial charge in [-0.1, -0.05) is 25.5 Å². The van der Waals surface area contributed by atoms with Crippen LogP contribution in [0.25, 0.3) is 0 Å². The standard InChI is InChI=1S/C15H23NO3/c1-11(2)6-7-18-8-9-19-15(17)13-10-12(3)4-5-14(13)16/h4-5,10-11H,6-9,16H2,1-3H3. The number of benzene rings is 1. The minimum absolute atomic E-state index is 0.254. The molecule has 0 aliphatic carbocycles. The second kappa shape index (κ2) is 7.79. The molecule has 1 aromatic carbocycles. The summed E-state index contributed by atoms with van der Waals surface area (Å²) in [5, 5.41) is 0. The maximum atomic E-state index is 11.8. The van der Waals surface area contributed by atoms with Gasteiger partial charge < -0.3 is 15.2 Å². The molecule has 0 radical (unpaired) electrons. The van der Waals surface area contributed by atoms with E-state index in [0.29, 0.717) is 30.4 Å². The van der Waals surface area contributed by atoms with Crippen molar-refractivity contribution in [3.8, 4) is 0 Å². The molecule has 19 heavy (non-hydrogen) atoms. The highest BCUT2D eigenvalue weighted by atomic mass is 16.6. The summed E-state index contributed by atoms with van der Waals surface area (Å²) >= 11 is 0. The minimum Gasteiger partial charge on any atom is -0.460 e. The smallest absolute Gasteiger partial charge is 0.340 e. The molecule has 0 bridgehead atoms. The summed E-state index contributed by atoms with van der Waals surface area (Å²) in [6.45, 7) is 7.56. The van der Waals surface area contributed by atoms with E-state index in [4.69, 9.17) is 15.2 Å². The van der Waals surface area contributed by atoms with E-state index in [1.807, 2.05) is 13.0 Å². The highest BCUT2D eigenvalue weighted by Crippen LogP contribution is 2.14. The van der Waals surface area contributed by atoms with Crippen molar-refractivity contribution < 1.29 is 14.3 Å². The molecule has 0 unspecified atom stereocenters. The largest absolute Gasteiger partial charge is 0.460 e. The van der Waals surface area contributed by atoms with Crippen LogP contribution in [0.5, 0.6) is 0 Å². The Bertz CT molecular complexity index is 416. The first-order valence-corrected chi connectivity index (χ1v) is 6.61. The fourth-order valence-corrected chi connectivity index (χ4v) is 1.54. The van der Waals surface area contributed by atoms with Crippen LogP contribution < -0.4 is 5.73 Å².